The molecule has 0 saturated heterocycles. The number of hydrogen-bond donors (Lipinski definition) is 3. The summed E-state index contributed by atoms with van der Waals surface area (Å²) in [6, 6.07) is 12.0. The molecule has 0 aliphatic heterocycles. The van der Waals surface area contributed by atoms with Crippen LogP contribution in [0.4, 0.5) is 9.59 Å². The van der Waals surface area contributed by atoms with Gasteiger partial charge in [-0.3, -0.25) is 0 Å². The number of carboxylic acid groups (broad SMARTS) is 1. The number of amides is 2. The fourth-order valence-electron chi connectivity index (χ4n) is 3.60. The van der Waals surface area contributed by atoms with E-state index in [2.05, 4.69) is 37.3 Å². The first-order valence-electron chi connectivity index (χ1n) is 16.1. The Morgan fingerprint density at radius 3 is 1.33 bits per heavy atom. The molecule has 5 N–H and O–H groups in total. The van der Waals surface area contributed by atoms with Gasteiger partial charge in [0.25, 0.3) is 0 Å². The van der Waals surface area contributed by atoms with E-state index in [0.29, 0.717) is 11.5 Å². The van der Waals surface area contributed by atoms with Crippen LogP contribution in [0.2, 0.25) is 14.8 Å². The van der Waals surface area contributed by atoms with Crippen molar-refractivity contribution in [3.63, 3.8) is 0 Å². The predicted octanol–water partition coefficient (Wildman–Crippen LogP) is 5.07. The third-order valence-electron chi connectivity index (χ3n) is 5.54. The molecule has 0 aliphatic rings. The summed E-state index contributed by atoms with van der Waals surface area (Å²) in [6.07, 6.45) is 9.19. The topological polar surface area (TPSA) is 190 Å². The van der Waals surface area contributed by atoms with Crippen molar-refractivity contribution in [2.45, 2.75) is 92.5 Å². The average molecular weight is 835 g/mol. The van der Waals surface area contributed by atoms with Crippen LogP contribution in [0.15, 0.2) is 48.5 Å². The third-order valence-corrected chi connectivity index (χ3v) is 5.54. The van der Waals surface area contributed by atoms with E-state index in [9.17, 15) is 24.3 Å². The Morgan fingerprint density at radius 2 is 1.04 bits per heavy atom. The molecule has 13 nitrogen and oxygen atoms in total. The first-order valence-corrected chi connectivity index (χ1v) is 24.6. The second-order valence-electron chi connectivity index (χ2n) is 13.4. The van der Waals surface area contributed by atoms with Crippen LogP contribution in [0.25, 0.3) is 0 Å². The summed E-state index contributed by atoms with van der Waals surface area (Å²) >= 11 is -0.543. The van der Waals surface area contributed by atoms with Crippen molar-refractivity contribution in [2.75, 3.05) is 20.3 Å². The number of methoxy groups -OCH3 is 1. The molecule has 0 bridgehead atoms. The van der Waals surface area contributed by atoms with Crippen molar-refractivity contribution in [1.82, 2.24) is 10.6 Å². The molecule has 2 aromatic rings. The summed E-state index contributed by atoms with van der Waals surface area (Å²) in [5.74, 6) is 4.28. The van der Waals surface area contributed by atoms with Crippen molar-refractivity contribution >= 4 is 43.9 Å². The van der Waals surface area contributed by atoms with Gasteiger partial charge < -0.3 is 44.9 Å². The predicted molar refractivity (Wildman–Crippen MR) is 202 cm³/mol. The Labute approximate surface area is 315 Å². The van der Waals surface area contributed by atoms with Crippen LogP contribution in [-0.4, -0.2) is 98.1 Å². The number of carboxylic acids is 1. The second kappa shape index (κ2) is 25.4. The molecule has 0 heterocycles. The zero-order chi connectivity index (χ0) is 39.2. The Bertz CT molecular complexity index is 1450. The van der Waals surface area contributed by atoms with Crippen LogP contribution in [0.1, 0.15) is 52.7 Å². The van der Waals surface area contributed by atoms with Crippen LogP contribution in [0.3, 0.4) is 0 Å². The quantitative estimate of drug-likeness (QED) is 0.113. The van der Waals surface area contributed by atoms with Crippen molar-refractivity contribution < 1.29 is 53.4 Å². The molecule has 0 saturated carbocycles. The number of benzene rings is 2. The Morgan fingerprint density at radius 1 is 0.712 bits per heavy atom. The van der Waals surface area contributed by atoms with Gasteiger partial charge in [0.2, 0.25) is 0 Å². The normalized spacial score (nSPS) is 11.4. The van der Waals surface area contributed by atoms with Crippen molar-refractivity contribution in [3.05, 3.63) is 59.7 Å². The Hall–Kier alpha value is -4.60. The van der Waals surface area contributed by atoms with Crippen molar-refractivity contribution in [2.24, 2.45) is 0 Å². The summed E-state index contributed by atoms with van der Waals surface area (Å²) < 4.78 is 25.5. The van der Waals surface area contributed by atoms with E-state index < -0.39 is 67.2 Å². The van der Waals surface area contributed by atoms with E-state index in [4.69, 9.17) is 36.5 Å². The number of alkyl carbamates (subject to hydrolysis) is 2. The number of carbonyl (C=O) groups excluding carboxylic acids is 3. The van der Waals surface area contributed by atoms with E-state index in [1.54, 1.807) is 90.1 Å². The number of hydrogen-bond acceptors (Lipinski definition) is 9. The van der Waals surface area contributed by atoms with Gasteiger partial charge >= 0.3 is 58.7 Å². The second-order valence-corrected chi connectivity index (χ2v) is 22.0. The average Bonchev–Trinajstić information content (AvgIpc) is 3.01. The van der Waals surface area contributed by atoms with Crippen LogP contribution >= 0.6 is 0 Å². The molecule has 0 aliphatic carbocycles. The van der Waals surface area contributed by atoms with Gasteiger partial charge in [0.05, 0.1) is 7.11 Å². The minimum atomic E-state index is -1.14. The molecule has 14 heteroatoms. The number of nitrogens with one attached hydrogen (secondary N) is 2. The number of aliphatic carboxylic acids is 1. The van der Waals surface area contributed by atoms with Gasteiger partial charge in [-0.25, -0.2) is 19.2 Å². The zero-order valence-electron chi connectivity index (χ0n) is 31.9. The summed E-state index contributed by atoms with van der Waals surface area (Å²) in [4.78, 5) is 53.8. The van der Waals surface area contributed by atoms with Crippen LogP contribution in [0.5, 0.6) is 11.5 Å². The van der Waals surface area contributed by atoms with Crippen molar-refractivity contribution in [1.29, 1.82) is 0 Å². The van der Waals surface area contributed by atoms with Crippen LogP contribution < -0.4 is 20.1 Å². The number of rotatable bonds is 12. The molecule has 287 valence electrons. The van der Waals surface area contributed by atoms with E-state index in [0.717, 1.165) is 11.1 Å². The van der Waals surface area contributed by atoms with Gasteiger partial charge in [0.1, 0.15) is 48.0 Å². The van der Waals surface area contributed by atoms with Crippen LogP contribution in [0, 0.1) is 24.7 Å². The van der Waals surface area contributed by atoms with E-state index >= 15 is 0 Å². The van der Waals surface area contributed by atoms with Crippen molar-refractivity contribution in [3.8, 4) is 36.2 Å². The van der Waals surface area contributed by atoms with Gasteiger partial charge in [-0.05, 0) is 76.9 Å². The number of esters is 1. The maximum atomic E-state index is 11.9. The Kier molecular flexibility index (Phi) is 24.2. The summed E-state index contributed by atoms with van der Waals surface area (Å²) in [6.45, 7) is 10.7. The summed E-state index contributed by atoms with van der Waals surface area (Å²) in [7, 11) is 1.27. The first-order chi connectivity index (χ1) is 23.7. The molecule has 2 atom stereocenters. The number of carbonyl (C=O) groups is 4. The fourth-order valence-corrected chi connectivity index (χ4v) is 3.60. The molecule has 0 fully saturated rings. The molecular weight excluding hydrogens is 779 g/mol. The molecule has 0 spiro atoms. The molecule has 1 radical (unpaired) electrons. The first kappa shape index (κ1) is 49.5. The number of ether oxygens (including phenoxy) is 5. The summed E-state index contributed by atoms with van der Waals surface area (Å²) in [5, 5.41) is 14.1. The van der Waals surface area contributed by atoms with Crippen LogP contribution in [-0.2, 0) is 36.6 Å². The Balaban J connectivity index is 0. The SMILES string of the molecule is C#CCOc1ccc(C[C@H](NC(=O)OC(C)(C)C)C(=O)O)cc1.C#CCOc1ccc(C[C@H](NC(=O)OC(C)(C)C)C(=O)OC)cc1.O.[CH3][Sn]([CH3])[CH3]. The van der Waals surface area contributed by atoms with E-state index in [-0.39, 0.29) is 31.5 Å². The molecule has 0 unspecified atom stereocenters. The minimum absolute atomic E-state index is 0. The fraction of sp³-hybridized carbons (Fsp3) is 0.474. The standard InChI is InChI=1S/C18H23NO5.C17H21NO5.3CH3.H2O.Sn/c1-6-11-23-14-9-7-13(8-10-14)12-15(16(20)22-5)19-17(21)24-18(2,3)4;1-5-10-22-13-8-6-12(7-9-13)11-14(15(19)20)18-16(21)23-17(2,3)4;;;;;/h1,7-10,15H,11-12H2,2-5H3,(H,19,21);1,6-9,14H,10-11H2,2-4H3,(H,18,21)(H,19,20);3*1H3;1H2;/t15-;14-;;;;;/m00...../s1. The molecule has 2 rings (SSSR count). The monoisotopic (exact) mass is 835 g/mol. The van der Waals surface area contributed by atoms with E-state index in [1.165, 1.54) is 7.11 Å². The molecular formula is C38H55N2O11Sn. The van der Waals surface area contributed by atoms with Gasteiger partial charge in [0.15, 0.2) is 0 Å². The molecule has 0 aromatic heterocycles. The van der Waals surface area contributed by atoms with Gasteiger partial charge in [-0.1, -0.05) is 36.1 Å². The molecule has 2 aromatic carbocycles. The molecule has 52 heavy (non-hydrogen) atoms. The third kappa shape index (κ3) is 25.4. The zero-order valence-corrected chi connectivity index (χ0v) is 34.7. The number of terminal acetylenes is 2. The van der Waals surface area contributed by atoms with Gasteiger partial charge in [-0.2, -0.15) is 0 Å². The summed E-state index contributed by atoms with van der Waals surface area (Å²) in [5.41, 5.74) is 0.222. The molecule has 2 amide bonds. The van der Waals surface area contributed by atoms with Gasteiger partial charge in [0, 0.05) is 12.8 Å². The van der Waals surface area contributed by atoms with Gasteiger partial charge in [-0.15, -0.1) is 12.8 Å². The maximum absolute atomic E-state index is 11.9. The van der Waals surface area contributed by atoms with E-state index in [1.807, 2.05) is 0 Å².